The maximum absolute atomic E-state index is 10.4. The maximum Gasteiger partial charge on any atom is 0.318 e. The Labute approximate surface area is 105 Å². The second-order valence-corrected chi connectivity index (χ2v) is 3.36. The summed E-state index contributed by atoms with van der Waals surface area (Å²) in [5.41, 5.74) is 14.0. The van der Waals surface area contributed by atoms with E-state index in [-0.39, 0.29) is 5.96 Å². The number of carbonyl (C=O) groups excluding carboxylic acids is 1. The van der Waals surface area contributed by atoms with Crippen molar-refractivity contribution in [1.29, 1.82) is 0 Å². The van der Waals surface area contributed by atoms with Crippen LogP contribution < -0.4 is 16.8 Å². The SMILES string of the molecule is NC(=O)NC(N)=NC=C=CCCc1ccccn1. The van der Waals surface area contributed by atoms with Crippen molar-refractivity contribution in [1.82, 2.24) is 10.3 Å². The van der Waals surface area contributed by atoms with E-state index in [4.69, 9.17) is 11.5 Å². The Morgan fingerprint density at radius 3 is 3.00 bits per heavy atom. The highest BCUT2D eigenvalue weighted by Crippen LogP contribution is 1.98. The monoisotopic (exact) mass is 245 g/mol. The minimum atomic E-state index is -0.746. The summed E-state index contributed by atoms with van der Waals surface area (Å²) in [4.78, 5) is 18.3. The molecule has 0 aliphatic heterocycles. The molecule has 0 atom stereocenters. The highest BCUT2D eigenvalue weighted by Gasteiger charge is 1.92. The maximum atomic E-state index is 10.4. The van der Waals surface area contributed by atoms with Gasteiger partial charge in [0.15, 0.2) is 0 Å². The van der Waals surface area contributed by atoms with Crippen molar-refractivity contribution in [3.05, 3.63) is 48.1 Å². The molecule has 0 spiro atoms. The van der Waals surface area contributed by atoms with E-state index in [1.54, 1.807) is 6.20 Å². The van der Waals surface area contributed by atoms with Crippen LogP contribution in [0.1, 0.15) is 12.1 Å². The van der Waals surface area contributed by atoms with E-state index in [0.717, 1.165) is 18.5 Å². The first kappa shape index (κ1) is 13.5. The van der Waals surface area contributed by atoms with Gasteiger partial charge in [-0.2, -0.15) is 0 Å². The average molecular weight is 245 g/mol. The fraction of sp³-hybridized carbons (Fsp3) is 0.167. The Bertz CT molecular complexity index is 475. The minimum absolute atomic E-state index is 0.0619. The smallest absolute Gasteiger partial charge is 0.318 e. The molecule has 0 fully saturated rings. The van der Waals surface area contributed by atoms with Crippen molar-refractivity contribution in [3.63, 3.8) is 0 Å². The van der Waals surface area contributed by atoms with Gasteiger partial charge in [0.25, 0.3) is 0 Å². The van der Waals surface area contributed by atoms with Gasteiger partial charge in [-0.05, 0) is 31.1 Å². The molecule has 2 amide bonds. The van der Waals surface area contributed by atoms with Crippen LogP contribution >= 0.6 is 0 Å². The Morgan fingerprint density at radius 2 is 2.33 bits per heavy atom. The number of carbonyl (C=O) groups is 1. The Kier molecular flexibility index (Phi) is 5.72. The number of hydrogen-bond acceptors (Lipinski definition) is 3. The van der Waals surface area contributed by atoms with Gasteiger partial charge in [0.05, 0.1) is 6.20 Å². The zero-order valence-corrected chi connectivity index (χ0v) is 9.84. The van der Waals surface area contributed by atoms with E-state index < -0.39 is 6.03 Å². The van der Waals surface area contributed by atoms with Crippen LogP contribution in [0.15, 0.2) is 47.4 Å². The standard InChI is InChI=1S/C12H15N5O/c13-11(17-12(14)18)16-9-4-1-2-6-10-7-3-5-8-15-10/h1,3,5,7-9H,2,6H2,(H5,13,14,16,17,18). The number of aryl methyl sites for hydroxylation is 1. The summed E-state index contributed by atoms with van der Waals surface area (Å²) in [5.74, 6) is -0.0619. The van der Waals surface area contributed by atoms with E-state index >= 15 is 0 Å². The van der Waals surface area contributed by atoms with Crippen molar-refractivity contribution < 1.29 is 4.79 Å². The number of allylic oxidation sites excluding steroid dienone is 1. The lowest BCUT2D eigenvalue weighted by Gasteiger charge is -1.95. The molecule has 6 nitrogen and oxygen atoms in total. The number of primary amides is 1. The lowest BCUT2D eigenvalue weighted by molar-refractivity contribution is 0.253. The summed E-state index contributed by atoms with van der Waals surface area (Å²) >= 11 is 0. The van der Waals surface area contributed by atoms with E-state index in [0.29, 0.717) is 0 Å². The molecular formula is C12H15N5O. The predicted octanol–water partition coefficient (Wildman–Crippen LogP) is 0.666. The van der Waals surface area contributed by atoms with Crippen molar-refractivity contribution in [2.24, 2.45) is 16.5 Å². The number of nitrogens with one attached hydrogen (secondary N) is 1. The molecule has 18 heavy (non-hydrogen) atoms. The summed E-state index contributed by atoms with van der Waals surface area (Å²) in [5, 5.41) is 2.13. The molecule has 0 aliphatic rings. The molecule has 1 heterocycles. The number of nitrogens with zero attached hydrogens (tertiary/aromatic N) is 2. The van der Waals surface area contributed by atoms with Crippen molar-refractivity contribution >= 4 is 12.0 Å². The highest BCUT2D eigenvalue weighted by molar-refractivity contribution is 5.94. The molecule has 0 radical (unpaired) electrons. The normalized spacial score (nSPS) is 10.3. The zero-order chi connectivity index (χ0) is 13.2. The molecule has 5 N–H and O–H groups in total. The summed E-state index contributed by atoms with van der Waals surface area (Å²) in [6.45, 7) is 0. The zero-order valence-electron chi connectivity index (χ0n) is 9.84. The van der Waals surface area contributed by atoms with E-state index in [2.05, 4.69) is 21.0 Å². The molecule has 0 bridgehead atoms. The van der Waals surface area contributed by atoms with Gasteiger partial charge in [0, 0.05) is 11.9 Å². The van der Waals surface area contributed by atoms with Crippen molar-refractivity contribution in [3.8, 4) is 0 Å². The number of rotatable bonds is 4. The topological polar surface area (TPSA) is 106 Å². The van der Waals surface area contributed by atoms with Gasteiger partial charge in [-0.3, -0.25) is 10.3 Å². The molecule has 0 aliphatic carbocycles. The molecule has 0 unspecified atom stereocenters. The molecule has 1 aromatic heterocycles. The van der Waals surface area contributed by atoms with Crippen LogP contribution in [0.2, 0.25) is 0 Å². The summed E-state index contributed by atoms with van der Waals surface area (Å²) in [6, 6.07) is 5.04. The molecule has 6 heteroatoms. The number of aromatic nitrogens is 1. The van der Waals surface area contributed by atoms with Gasteiger partial charge in [-0.25, -0.2) is 9.79 Å². The van der Waals surface area contributed by atoms with Gasteiger partial charge in [0.1, 0.15) is 0 Å². The van der Waals surface area contributed by atoms with Crippen LogP contribution in [-0.2, 0) is 6.42 Å². The second-order valence-electron chi connectivity index (χ2n) is 3.36. The van der Waals surface area contributed by atoms with Crippen LogP contribution in [0.5, 0.6) is 0 Å². The van der Waals surface area contributed by atoms with Gasteiger partial charge < -0.3 is 11.5 Å². The second kappa shape index (κ2) is 7.65. The summed E-state index contributed by atoms with van der Waals surface area (Å²) < 4.78 is 0. The molecule has 94 valence electrons. The number of hydrogen-bond donors (Lipinski definition) is 3. The number of amides is 2. The Balaban J connectivity index is 2.34. The lowest BCUT2D eigenvalue weighted by atomic mass is 10.2. The predicted molar refractivity (Wildman–Crippen MR) is 69.6 cm³/mol. The summed E-state index contributed by atoms with van der Waals surface area (Å²) in [7, 11) is 0. The fourth-order valence-electron chi connectivity index (χ4n) is 1.17. The highest BCUT2D eigenvalue weighted by atomic mass is 16.2. The number of guanidine groups is 1. The first-order chi connectivity index (χ1) is 8.68. The first-order valence-electron chi connectivity index (χ1n) is 5.37. The van der Waals surface area contributed by atoms with Gasteiger partial charge in [-0.1, -0.05) is 6.07 Å². The number of pyridine rings is 1. The quantitative estimate of drug-likeness (QED) is 0.412. The number of aliphatic imine (C=N–C) groups is 1. The van der Waals surface area contributed by atoms with Crippen molar-refractivity contribution in [2.75, 3.05) is 0 Å². The average Bonchev–Trinajstić information content (AvgIpc) is 2.34. The van der Waals surface area contributed by atoms with Crippen LogP contribution in [-0.4, -0.2) is 17.0 Å². The third-order valence-corrected chi connectivity index (χ3v) is 1.92. The molecule has 0 saturated heterocycles. The van der Waals surface area contributed by atoms with Gasteiger partial charge in [-0.15, -0.1) is 5.73 Å². The molecule has 0 aromatic carbocycles. The first-order valence-corrected chi connectivity index (χ1v) is 5.37. The third kappa shape index (κ3) is 6.09. The largest absolute Gasteiger partial charge is 0.369 e. The minimum Gasteiger partial charge on any atom is -0.369 e. The lowest BCUT2D eigenvalue weighted by Crippen LogP contribution is -2.39. The molecule has 1 rings (SSSR count). The van der Waals surface area contributed by atoms with Crippen LogP contribution in [0.3, 0.4) is 0 Å². The van der Waals surface area contributed by atoms with Gasteiger partial charge >= 0.3 is 6.03 Å². The Morgan fingerprint density at radius 1 is 1.50 bits per heavy atom. The van der Waals surface area contributed by atoms with E-state index in [9.17, 15) is 4.79 Å². The number of urea groups is 1. The van der Waals surface area contributed by atoms with Crippen LogP contribution in [0.4, 0.5) is 4.79 Å². The number of nitrogens with two attached hydrogens (primary N) is 2. The fourth-order valence-corrected chi connectivity index (χ4v) is 1.17. The Hall–Kier alpha value is -2.59. The van der Waals surface area contributed by atoms with Crippen molar-refractivity contribution in [2.45, 2.75) is 12.8 Å². The van der Waals surface area contributed by atoms with E-state index in [1.807, 2.05) is 24.3 Å². The third-order valence-electron chi connectivity index (χ3n) is 1.92. The molecular weight excluding hydrogens is 230 g/mol. The summed E-state index contributed by atoms with van der Waals surface area (Å²) in [6.07, 6.45) is 6.57. The van der Waals surface area contributed by atoms with Crippen LogP contribution in [0, 0.1) is 0 Å². The molecule has 1 aromatic rings. The molecule has 0 saturated carbocycles. The van der Waals surface area contributed by atoms with Crippen LogP contribution in [0.25, 0.3) is 0 Å². The van der Waals surface area contributed by atoms with Gasteiger partial charge in [0.2, 0.25) is 5.96 Å². The van der Waals surface area contributed by atoms with E-state index in [1.165, 1.54) is 6.20 Å².